The Morgan fingerprint density at radius 3 is 2.44 bits per heavy atom. The number of hydrogen-bond donors (Lipinski definition) is 1. The molecule has 1 saturated heterocycles. The van der Waals surface area contributed by atoms with Crippen molar-refractivity contribution in [1.29, 1.82) is 0 Å². The van der Waals surface area contributed by atoms with E-state index in [4.69, 9.17) is 0 Å². The van der Waals surface area contributed by atoms with Gasteiger partial charge in [-0.05, 0) is 18.6 Å². The molecule has 27 heavy (non-hydrogen) atoms. The Balaban J connectivity index is 1.57. The van der Waals surface area contributed by atoms with Crippen molar-refractivity contribution >= 4 is 11.9 Å². The van der Waals surface area contributed by atoms with Crippen LogP contribution >= 0.6 is 0 Å². The van der Waals surface area contributed by atoms with Crippen LogP contribution in [0.1, 0.15) is 25.0 Å². The third-order valence-corrected chi connectivity index (χ3v) is 5.11. The maximum Gasteiger partial charge on any atom is 0.225 e. The number of piperazine rings is 1. The van der Waals surface area contributed by atoms with Crippen LogP contribution in [0.5, 0.6) is 0 Å². The van der Waals surface area contributed by atoms with E-state index >= 15 is 0 Å². The Hall–Kier alpha value is -2.63. The second-order valence-electron chi connectivity index (χ2n) is 7.68. The van der Waals surface area contributed by atoms with Crippen LogP contribution in [0.15, 0.2) is 47.7 Å². The van der Waals surface area contributed by atoms with Gasteiger partial charge in [-0.15, -0.1) is 0 Å². The molecule has 6 nitrogen and oxygen atoms in total. The highest BCUT2D eigenvalue weighted by Gasteiger charge is 2.24. The van der Waals surface area contributed by atoms with E-state index in [-0.39, 0.29) is 5.41 Å². The summed E-state index contributed by atoms with van der Waals surface area (Å²) in [4.78, 5) is 17.7. The lowest BCUT2D eigenvalue weighted by atomic mass is 9.84. The van der Waals surface area contributed by atoms with Crippen LogP contribution in [0, 0.1) is 6.92 Å². The minimum Gasteiger partial charge on any atom is -0.355 e. The van der Waals surface area contributed by atoms with E-state index in [1.54, 1.807) is 12.4 Å². The monoisotopic (exact) mass is 366 g/mol. The second kappa shape index (κ2) is 8.37. The molecule has 2 aromatic rings. The molecule has 1 aromatic heterocycles. The first-order valence-corrected chi connectivity index (χ1v) is 9.54. The fourth-order valence-corrected chi connectivity index (χ4v) is 3.37. The van der Waals surface area contributed by atoms with Crippen LogP contribution in [0.2, 0.25) is 0 Å². The van der Waals surface area contributed by atoms with E-state index < -0.39 is 0 Å². The van der Waals surface area contributed by atoms with Gasteiger partial charge in [0.2, 0.25) is 5.95 Å². The third-order valence-electron chi connectivity index (χ3n) is 5.11. The fraction of sp³-hybridized carbons (Fsp3) is 0.476. The SMILES string of the molecule is CN=C(NCC(C)(C)c1cccc(C)c1)N1CCN(c2ncccn2)CC1. The largest absolute Gasteiger partial charge is 0.355 e. The molecule has 0 amide bonds. The molecule has 1 aromatic carbocycles. The van der Waals surface area contributed by atoms with Crippen molar-refractivity contribution in [3.05, 3.63) is 53.9 Å². The van der Waals surface area contributed by atoms with Crippen molar-refractivity contribution in [2.45, 2.75) is 26.2 Å². The molecular formula is C21H30N6. The summed E-state index contributed by atoms with van der Waals surface area (Å²) in [5.41, 5.74) is 2.67. The first-order chi connectivity index (χ1) is 13.0. The first kappa shape index (κ1) is 19.1. The molecule has 1 fully saturated rings. The first-order valence-electron chi connectivity index (χ1n) is 9.54. The summed E-state index contributed by atoms with van der Waals surface area (Å²) in [6, 6.07) is 10.6. The predicted molar refractivity (Wildman–Crippen MR) is 111 cm³/mol. The average molecular weight is 367 g/mol. The number of nitrogens with one attached hydrogen (secondary N) is 1. The highest BCUT2D eigenvalue weighted by Crippen LogP contribution is 2.23. The summed E-state index contributed by atoms with van der Waals surface area (Å²) in [7, 11) is 1.86. The smallest absolute Gasteiger partial charge is 0.225 e. The number of anilines is 1. The van der Waals surface area contributed by atoms with Gasteiger partial charge in [0, 0.05) is 57.6 Å². The van der Waals surface area contributed by atoms with Crippen molar-refractivity contribution in [2.24, 2.45) is 4.99 Å². The Morgan fingerprint density at radius 1 is 1.11 bits per heavy atom. The van der Waals surface area contributed by atoms with E-state index in [0.717, 1.165) is 44.6 Å². The number of hydrogen-bond acceptors (Lipinski definition) is 4. The number of aromatic nitrogens is 2. The number of nitrogens with zero attached hydrogens (tertiary/aromatic N) is 5. The van der Waals surface area contributed by atoms with Crippen LogP contribution in [0.3, 0.4) is 0 Å². The quantitative estimate of drug-likeness (QED) is 0.665. The third kappa shape index (κ3) is 4.76. The molecule has 0 saturated carbocycles. The molecule has 2 heterocycles. The molecule has 6 heteroatoms. The van der Waals surface area contributed by atoms with Gasteiger partial charge in [-0.2, -0.15) is 0 Å². The molecule has 1 aliphatic heterocycles. The van der Waals surface area contributed by atoms with Gasteiger partial charge in [-0.1, -0.05) is 43.7 Å². The maximum atomic E-state index is 4.51. The lowest BCUT2D eigenvalue weighted by Crippen LogP contribution is -2.54. The van der Waals surface area contributed by atoms with E-state index in [2.05, 4.69) is 75.1 Å². The summed E-state index contributed by atoms with van der Waals surface area (Å²) in [6.07, 6.45) is 3.59. The molecule has 0 aliphatic carbocycles. The molecule has 0 unspecified atom stereocenters. The van der Waals surface area contributed by atoms with Crippen LogP contribution < -0.4 is 10.2 Å². The van der Waals surface area contributed by atoms with Crippen molar-refractivity contribution in [3.63, 3.8) is 0 Å². The number of guanidine groups is 1. The maximum absolute atomic E-state index is 4.51. The van der Waals surface area contributed by atoms with Crippen LogP contribution in [-0.4, -0.2) is 60.6 Å². The minimum absolute atomic E-state index is 0.0294. The second-order valence-corrected chi connectivity index (χ2v) is 7.68. The molecule has 1 N–H and O–H groups in total. The van der Waals surface area contributed by atoms with Crippen molar-refractivity contribution < 1.29 is 0 Å². The van der Waals surface area contributed by atoms with Crippen LogP contribution in [0.25, 0.3) is 0 Å². The van der Waals surface area contributed by atoms with Gasteiger partial charge in [0.25, 0.3) is 0 Å². The number of benzene rings is 1. The number of aliphatic imine (C=N–C) groups is 1. The number of rotatable bonds is 4. The van der Waals surface area contributed by atoms with Gasteiger partial charge >= 0.3 is 0 Å². The van der Waals surface area contributed by atoms with Gasteiger partial charge in [-0.3, -0.25) is 4.99 Å². The van der Waals surface area contributed by atoms with E-state index in [0.29, 0.717) is 0 Å². The van der Waals surface area contributed by atoms with Crippen LogP contribution in [-0.2, 0) is 5.41 Å². The highest BCUT2D eigenvalue weighted by atomic mass is 15.4. The summed E-state index contributed by atoms with van der Waals surface area (Å²) < 4.78 is 0. The summed E-state index contributed by atoms with van der Waals surface area (Å²) in [6.45, 7) is 11.1. The Kier molecular flexibility index (Phi) is 5.94. The Morgan fingerprint density at radius 2 is 1.81 bits per heavy atom. The summed E-state index contributed by atoms with van der Waals surface area (Å²) in [5, 5.41) is 3.58. The van der Waals surface area contributed by atoms with Crippen molar-refractivity contribution in [2.75, 3.05) is 44.7 Å². The van der Waals surface area contributed by atoms with Gasteiger partial charge in [0.1, 0.15) is 0 Å². The molecular weight excluding hydrogens is 336 g/mol. The molecule has 1 aliphatic rings. The van der Waals surface area contributed by atoms with E-state index in [9.17, 15) is 0 Å². The van der Waals surface area contributed by atoms with Gasteiger partial charge in [-0.25, -0.2) is 9.97 Å². The molecule has 144 valence electrons. The normalized spacial score (nSPS) is 15.8. The molecule has 3 rings (SSSR count). The lowest BCUT2D eigenvalue weighted by Gasteiger charge is -2.37. The lowest BCUT2D eigenvalue weighted by molar-refractivity contribution is 0.364. The standard InChI is InChI=1S/C21H30N6/c1-17-7-5-8-18(15-17)21(2,3)16-25-19(22-4)26-11-13-27(14-12-26)20-23-9-6-10-24-20/h5-10,15H,11-14,16H2,1-4H3,(H,22,25). The number of aryl methyl sites for hydroxylation is 1. The molecule has 0 radical (unpaired) electrons. The summed E-state index contributed by atoms with van der Waals surface area (Å²) in [5.74, 6) is 1.77. The van der Waals surface area contributed by atoms with Crippen LogP contribution in [0.4, 0.5) is 5.95 Å². The zero-order valence-corrected chi connectivity index (χ0v) is 16.8. The Labute approximate surface area is 162 Å². The topological polar surface area (TPSA) is 56.7 Å². The molecule has 0 spiro atoms. The van der Waals surface area contributed by atoms with Gasteiger partial charge in [0.05, 0.1) is 0 Å². The summed E-state index contributed by atoms with van der Waals surface area (Å²) >= 11 is 0. The van der Waals surface area contributed by atoms with Gasteiger partial charge < -0.3 is 15.1 Å². The van der Waals surface area contributed by atoms with E-state index in [1.165, 1.54) is 11.1 Å². The zero-order chi connectivity index (χ0) is 19.3. The predicted octanol–water partition coefficient (Wildman–Crippen LogP) is 2.46. The molecule has 0 bridgehead atoms. The molecule has 0 atom stereocenters. The fourth-order valence-electron chi connectivity index (χ4n) is 3.37. The highest BCUT2D eigenvalue weighted by molar-refractivity contribution is 5.80. The average Bonchev–Trinajstić information content (AvgIpc) is 2.69. The Bertz CT molecular complexity index is 763. The van der Waals surface area contributed by atoms with Crippen molar-refractivity contribution in [1.82, 2.24) is 20.2 Å². The zero-order valence-electron chi connectivity index (χ0n) is 16.8. The minimum atomic E-state index is 0.0294. The van der Waals surface area contributed by atoms with Crippen molar-refractivity contribution in [3.8, 4) is 0 Å². The van der Waals surface area contributed by atoms with E-state index in [1.807, 2.05) is 13.1 Å². The van der Waals surface area contributed by atoms with Gasteiger partial charge in [0.15, 0.2) is 5.96 Å².